The molecule has 1 aromatic heterocycles. The van der Waals surface area contributed by atoms with Crippen LogP contribution in [-0.4, -0.2) is 62.3 Å². The van der Waals surface area contributed by atoms with Gasteiger partial charge < -0.3 is 14.2 Å². The number of hydrogen-bond donors (Lipinski definition) is 0. The average Bonchev–Trinajstić information content (AvgIpc) is 3.50. The summed E-state index contributed by atoms with van der Waals surface area (Å²) in [7, 11) is 0. The SMILES string of the molecule is C[C@H]1CCCCN1C(=O)Cn1cc(/C=C2\SC(=S)N(C[C@H]3CCCO3)C2=O)c2cc(Br)ccc21. The van der Waals surface area contributed by atoms with Crippen molar-refractivity contribution in [3.8, 4) is 0 Å². The number of likely N-dealkylation sites (tertiary alicyclic amines) is 1. The number of thioether (sulfide) groups is 1. The average molecular weight is 563 g/mol. The maximum atomic E-state index is 13.2. The first-order valence-electron chi connectivity index (χ1n) is 11.9. The van der Waals surface area contributed by atoms with Crippen LogP contribution in [0.2, 0.25) is 0 Å². The minimum Gasteiger partial charge on any atom is -0.376 e. The van der Waals surface area contributed by atoms with E-state index in [1.165, 1.54) is 18.2 Å². The van der Waals surface area contributed by atoms with Gasteiger partial charge in [0.1, 0.15) is 10.9 Å². The van der Waals surface area contributed by atoms with Crippen LogP contribution in [0.25, 0.3) is 17.0 Å². The molecule has 2 aromatic rings. The van der Waals surface area contributed by atoms with Gasteiger partial charge in [0.2, 0.25) is 5.91 Å². The summed E-state index contributed by atoms with van der Waals surface area (Å²) in [5.74, 6) is 0.0704. The number of fused-ring (bicyclic) bond motifs is 1. The van der Waals surface area contributed by atoms with Gasteiger partial charge in [-0.05, 0) is 63.3 Å². The Hall–Kier alpha value is -1.68. The Bertz CT molecular complexity index is 1170. The topological polar surface area (TPSA) is 54.8 Å². The zero-order chi connectivity index (χ0) is 23.8. The molecule has 3 fully saturated rings. The van der Waals surface area contributed by atoms with Crippen molar-refractivity contribution in [2.24, 2.45) is 0 Å². The largest absolute Gasteiger partial charge is 0.376 e. The summed E-state index contributed by atoms with van der Waals surface area (Å²) in [5, 5.41) is 0.998. The Labute approximate surface area is 217 Å². The molecule has 3 saturated heterocycles. The Morgan fingerprint density at radius 1 is 1.29 bits per heavy atom. The molecule has 0 aliphatic carbocycles. The highest BCUT2D eigenvalue weighted by atomic mass is 79.9. The normalized spacial score (nSPS) is 24.7. The number of aromatic nitrogens is 1. The van der Waals surface area contributed by atoms with Crippen LogP contribution in [0.3, 0.4) is 0 Å². The van der Waals surface area contributed by atoms with Crippen LogP contribution < -0.4 is 0 Å². The number of hydrogen-bond acceptors (Lipinski definition) is 5. The molecular weight excluding hydrogens is 534 g/mol. The highest BCUT2D eigenvalue weighted by Gasteiger charge is 2.35. The molecule has 0 bridgehead atoms. The molecule has 34 heavy (non-hydrogen) atoms. The molecule has 0 radical (unpaired) electrons. The molecule has 4 heterocycles. The van der Waals surface area contributed by atoms with Crippen molar-refractivity contribution >= 4 is 73.0 Å². The van der Waals surface area contributed by atoms with Crippen LogP contribution >= 0.6 is 39.9 Å². The van der Waals surface area contributed by atoms with Crippen LogP contribution in [0.4, 0.5) is 0 Å². The molecule has 2 amide bonds. The number of nitrogens with zero attached hydrogens (tertiary/aromatic N) is 3. The van der Waals surface area contributed by atoms with E-state index in [0.717, 1.165) is 59.8 Å². The fraction of sp³-hybridized carbons (Fsp3) is 0.480. The third-order valence-corrected chi connectivity index (χ3v) is 8.74. The van der Waals surface area contributed by atoms with Gasteiger partial charge in [0.05, 0.1) is 17.6 Å². The summed E-state index contributed by atoms with van der Waals surface area (Å²) in [6.45, 7) is 4.50. The van der Waals surface area contributed by atoms with Crippen molar-refractivity contribution in [3.63, 3.8) is 0 Å². The molecule has 3 aliphatic rings. The summed E-state index contributed by atoms with van der Waals surface area (Å²) >= 11 is 10.4. The van der Waals surface area contributed by atoms with Crippen LogP contribution in [0.1, 0.15) is 44.6 Å². The minimum absolute atomic E-state index is 0.0583. The summed E-state index contributed by atoms with van der Waals surface area (Å²) in [6, 6.07) is 6.32. The standard InChI is InChI=1S/C25H28BrN3O3S2/c1-16-5-2-3-9-28(16)23(30)15-27-13-17(20-12-18(26)7-8-21(20)27)11-22-24(31)29(25(33)34-22)14-19-6-4-10-32-19/h7-8,11-13,16,19H,2-6,9-10,14-15H2,1H3/b22-11-/t16-,19+/m0/s1. The molecule has 180 valence electrons. The lowest BCUT2D eigenvalue weighted by Crippen LogP contribution is -2.43. The second-order valence-electron chi connectivity index (χ2n) is 9.23. The van der Waals surface area contributed by atoms with Crippen molar-refractivity contribution in [3.05, 3.63) is 39.3 Å². The molecule has 1 aromatic carbocycles. The molecule has 0 spiro atoms. The summed E-state index contributed by atoms with van der Waals surface area (Å²) < 4.78 is 9.24. The molecule has 3 aliphatic heterocycles. The molecule has 2 atom stereocenters. The number of carbonyl (C=O) groups is 2. The first kappa shape index (κ1) is 24.0. The lowest BCUT2D eigenvalue weighted by molar-refractivity contribution is -0.135. The molecule has 0 unspecified atom stereocenters. The van der Waals surface area contributed by atoms with E-state index in [9.17, 15) is 9.59 Å². The fourth-order valence-corrected chi connectivity index (χ4v) is 6.67. The second kappa shape index (κ2) is 10.1. The molecular formula is C25H28BrN3O3S2. The van der Waals surface area contributed by atoms with E-state index >= 15 is 0 Å². The number of carbonyl (C=O) groups excluding carboxylic acids is 2. The third-order valence-electron chi connectivity index (χ3n) is 6.87. The van der Waals surface area contributed by atoms with Crippen molar-refractivity contribution < 1.29 is 14.3 Å². The predicted molar refractivity (Wildman–Crippen MR) is 144 cm³/mol. The van der Waals surface area contributed by atoms with E-state index in [1.54, 1.807) is 4.90 Å². The van der Waals surface area contributed by atoms with Gasteiger partial charge >= 0.3 is 0 Å². The van der Waals surface area contributed by atoms with Crippen molar-refractivity contribution in [1.82, 2.24) is 14.4 Å². The number of halogens is 1. The van der Waals surface area contributed by atoms with Gasteiger partial charge in [0.25, 0.3) is 5.91 Å². The molecule has 9 heteroatoms. The van der Waals surface area contributed by atoms with Gasteiger partial charge in [-0.25, -0.2) is 0 Å². The lowest BCUT2D eigenvalue weighted by Gasteiger charge is -2.33. The minimum atomic E-state index is -0.0698. The van der Waals surface area contributed by atoms with E-state index in [4.69, 9.17) is 17.0 Å². The number of thiocarbonyl (C=S) groups is 1. The monoisotopic (exact) mass is 561 g/mol. The maximum Gasteiger partial charge on any atom is 0.266 e. The third kappa shape index (κ3) is 4.85. The Morgan fingerprint density at radius 2 is 2.15 bits per heavy atom. The smallest absolute Gasteiger partial charge is 0.266 e. The maximum absolute atomic E-state index is 13.2. The molecule has 6 nitrogen and oxygen atoms in total. The van der Waals surface area contributed by atoms with Crippen LogP contribution in [0, 0.1) is 0 Å². The predicted octanol–water partition coefficient (Wildman–Crippen LogP) is 5.19. The van der Waals surface area contributed by atoms with E-state index in [1.807, 2.05) is 39.9 Å². The molecule has 0 N–H and O–H groups in total. The van der Waals surface area contributed by atoms with Gasteiger partial charge in [0, 0.05) is 46.3 Å². The van der Waals surface area contributed by atoms with E-state index in [2.05, 4.69) is 22.9 Å². The van der Waals surface area contributed by atoms with E-state index < -0.39 is 0 Å². The highest BCUT2D eigenvalue weighted by molar-refractivity contribution is 9.10. The second-order valence-corrected chi connectivity index (χ2v) is 11.8. The Kier molecular flexibility index (Phi) is 7.16. The van der Waals surface area contributed by atoms with Crippen molar-refractivity contribution in [2.75, 3.05) is 19.7 Å². The quantitative estimate of drug-likeness (QED) is 0.371. The Balaban J connectivity index is 1.42. The van der Waals surface area contributed by atoms with Gasteiger partial charge in [-0.2, -0.15) is 0 Å². The van der Waals surface area contributed by atoms with Gasteiger partial charge in [-0.1, -0.05) is 39.9 Å². The van der Waals surface area contributed by atoms with Crippen LogP contribution in [0.5, 0.6) is 0 Å². The summed E-state index contributed by atoms with van der Waals surface area (Å²) in [4.78, 5) is 30.6. The number of benzene rings is 1. The number of ether oxygens (including phenoxy) is 1. The Morgan fingerprint density at radius 3 is 2.91 bits per heavy atom. The summed E-state index contributed by atoms with van der Waals surface area (Å²) in [5.41, 5.74) is 1.88. The van der Waals surface area contributed by atoms with Crippen LogP contribution in [0.15, 0.2) is 33.8 Å². The van der Waals surface area contributed by atoms with Gasteiger partial charge in [0.15, 0.2) is 0 Å². The number of piperidine rings is 1. The first-order valence-corrected chi connectivity index (χ1v) is 13.9. The zero-order valence-electron chi connectivity index (χ0n) is 19.2. The highest BCUT2D eigenvalue weighted by Crippen LogP contribution is 2.36. The lowest BCUT2D eigenvalue weighted by atomic mass is 10.0. The first-order chi connectivity index (χ1) is 16.4. The van der Waals surface area contributed by atoms with Crippen LogP contribution in [-0.2, 0) is 20.9 Å². The fourth-order valence-electron chi connectivity index (χ4n) is 5.04. The summed E-state index contributed by atoms with van der Waals surface area (Å²) in [6.07, 6.45) is 9.24. The zero-order valence-corrected chi connectivity index (χ0v) is 22.4. The molecule has 5 rings (SSSR count). The van der Waals surface area contributed by atoms with Crippen molar-refractivity contribution in [2.45, 2.75) is 57.7 Å². The van der Waals surface area contributed by atoms with Gasteiger partial charge in [-0.3, -0.25) is 14.5 Å². The van der Waals surface area contributed by atoms with E-state index in [0.29, 0.717) is 15.8 Å². The van der Waals surface area contributed by atoms with E-state index in [-0.39, 0.29) is 30.5 Å². The van der Waals surface area contributed by atoms with Gasteiger partial charge in [-0.15, -0.1) is 0 Å². The number of rotatable bonds is 5. The molecule has 0 saturated carbocycles. The van der Waals surface area contributed by atoms with Crippen molar-refractivity contribution in [1.29, 1.82) is 0 Å². The number of amides is 2.